The summed E-state index contributed by atoms with van der Waals surface area (Å²) in [6.45, 7) is 4.50. The van der Waals surface area contributed by atoms with Crippen LogP contribution >= 0.6 is 15.9 Å². The first-order valence-corrected chi connectivity index (χ1v) is 12.8. The summed E-state index contributed by atoms with van der Waals surface area (Å²) in [5.74, 6) is 1.53. The molecule has 4 N–H and O–H groups in total. The molecule has 3 heterocycles. The van der Waals surface area contributed by atoms with E-state index in [1.165, 1.54) is 45.1 Å². The fraction of sp³-hybridized carbons (Fsp3) is 0.400. The van der Waals surface area contributed by atoms with Crippen LogP contribution in [0.5, 0.6) is 5.75 Å². The minimum Gasteiger partial charge on any atom is -0.494 e. The SMILES string of the molecule is COc1cc(N2CCC(N3CCCC3)CC2)c(N)cc1Nc1ncnc(Nc2cccc(Br)c2)n1. The molecule has 5 rings (SSSR count). The topological polar surface area (TPSA) is 104 Å². The number of nitrogens with two attached hydrogens (primary N) is 1. The third kappa shape index (κ3) is 5.59. The molecule has 35 heavy (non-hydrogen) atoms. The van der Waals surface area contributed by atoms with Gasteiger partial charge in [0, 0.05) is 35.4 Å². The molecular formula is C25H31BrN8O. The molecule has 0 unspecified atom stereocenters. The standard InChI is InChI=1S/C25H31BrN8O/c1-35-23-15-22(34-11-7-19(8-12-34)33-9-2-3-10-33)20(27)14-21(23)31-25-29-16-28-24(32-25)30-18-6-4-5-17(26)13-18/h4-6,13-16,19H,2-3,7-12,27H2,1H3,(H2,28,29,30,31,32). The summed E-state index contributed by atoms with van der Waals surface area (Å²) in [5.41, 5.74) is 9.81. The summed E-state index contributed by atoms with van der Waals surface area (Å²) in [6.07, 6.45) is 6.47. The zero-order valence-corrected chi connectivity index (χ0v) is 21.5. The molecule has 0 bridgehead atoms. The zero-order chi connectivity index (χ0) is 24.2. The van der Waals surface area contributed by atoms with Crippen LogP contribution in [0.3, 0.4) is 0 Å². The smallest absolute Gasteiger partial charge is 0.232 e. The van der Waals surface area contributed by atoms with E-state index in [2.05, 4.69) is 51.3 Å². The van der Waals surface area contributed by atoms with Crippen molar-refractivity contribution in [1.29, 1.82) is 0 Å². The van der Waals surface area contributed by atoms with Crippen LogP contribution < -0.4 is 26.0 Å². The average molecular weight is 539 g/mol. The number of rotatable bonds is 7. The number of nitrogens with zero attached hydrogens (tertiary/aromatic N) is 5. The second kappa shape index (κ2) is 10.7. The average Bonchev–Trinajstić information content (AvgIpc) is 3.40. The van der Waals surface area contributed by atoms with E-state index in [0.29, 0.717) is 35.1 Å². The van der Waals surface area contributed by atoms with Gasteiger partial charge in [0.1, 0.15) is 12.1 Å². The van der Waals surface area contributed by atoms with Gasteiger partial charge in [0.2, 0.25) is 11.9 Å². The van der Waals surface area contributed by atoms with Gasteiger partial charge in [0.25, 0.3) is 0 Å². The van der Waals surface area contributed by atoms with Crippen LogP contribution in [0, 0.1) is 0 Å². The van der Waals surface area contributed by atoms with Crippen molar-refractivity contribution in [3.05, 3.63) is 47.2 Å². The Bertz CT molecular complexity index is 1160. The summed E-state index contributed by atoms with van der Waals surface area (Å²) in [6, 6.07) is 12.4. The van der Waals surface area contributed by atoms with E-state index in [0.717, 1.165) is 28.9 Å². The van der Waals surface area contributed by atoms with E-state index in [1.807, 2.05) is 36.4 Å². The fourth-order valence-corrected chi connectivity index (χ4v) is 5.34. The second-order valence-corrected chi connectivity index (χ2v) is 9.88. The molecule has 0 saturated carbocycles. The van der Waals surface area contributed by atoms with Crippen molar-refractivity contribution >= 4 is 50.6 Å². The Labute approximate surface area is 214 Å². The number of methoxy groups -OCH3 is 1. The molecule has 184 valence electrons. The fourth-order valence-electron chi connectivity index (χ4n) is 4.94. The molecule has 0 atom stereocenters. The number of nitrogen functional groups attached to an aromatic ring is 1. The first-order chi connectivity index (χ1) is 17.1. The molecule has 0 radical (unpaired) electrons. The van der Waals surface area contributed by atoms with Crippen LogP contribution in [-0.2, 0) is 0 Å². The Morgan fingerprint density at radius 3 is 2.46 bits per heavy atom. The van der Waals surface area contributed by atoms with Crippen LogP contribution in [0.25, 0.3) is 0 Å². The Morgan fingerprint density at radius 1 is 1.00 bits per heavy atom. The molecule has 2 fully saturated rings. The maximum atomic E-state index is 6.51. The zero-order valence-electron chi connectivity index (χ0n) is 19.9. The van der Waals surface area contributed by atoms with Crippen LogP contribution in [0.1, 0.15) is 25.7 Å². The summed E-state index contributed by atoms with van der Waals surface area (Å²) in [5, 5.41) is 6.42. The molecule has 1 aromatic heterocycles. The van der Waals surface area contributed by atoms with Gasteiger partial charge in [-0.15, -0.1) is 0 Å². The third-order valence-electron chi connectivity index (χ3n) is 6.71. The Balaban J connectivity index is 1.29. The van der Waals surface area contributed by atoms with E-state index >= 15 is 0 Å². The summed E-state index contributed by atoms with van der Waals surface area (Å²) in [7, 11) is 1.66. The highest BCUT2D eigenvalue weighted by molar-refractivity contribution is 9.10. The molecule has 9 nitrogen and oxygen atoms in total. The number of piperidine rings is 1. The molecule has 10 heteroatoms. The van der Waals surface area contributed by atoms with Crippen LogP contribution in [0.15, 0.2) is 47.2 Å². The van der Waals surface area contributed by atoms with Crippen molar-refractivity contribution in [2.24, 2.45) is 0 Å². The normalized spacial score (nSPS) is 16.9. The number of hydrogen-bond acceptors (Lipinski definition) is 9. The molecule has 2 aliphatic heterocycles. The van der Waals surface area contributed by atoms with Crippen molar-refractivity contribution < 1.29 is 4.74 Å². The summed E-state index contributed by atoms with van der Waals surface area (Å²) in [4.78, 5) is 18.0. The van der Waals surface area contributed by atoms with Gasteiger partial charge in [-0.1, -0.05) is 22.0 Å². The third-order valence-corrected chi connectivity index (χ3v) is 7.20. The minimum absolute atomic E-state index is 0.398. The number of aromatic nitrogens is 3. The highest BCUT2D eigenvalue weighted by Gasteiger charge is 2.27. The molecule has 0 aliphatic carbocycles. The predicted molar refractivity (Wildman–Crippen MR) is 144 cm³/mol. The van der Waals surface area contributed by atoms with E-state index in [-0.39, 0.29) is 0 Å². The lowest BCUT2D eigenvalue weighted by atomic mass is 10.0. The number of ether oxygens (including phenoxy) is 1. The summed E-state index contributed by atoms with van der Waals surface area (Å²) >= 11 is 3.47. The van der Waals surface area contributed by atoms with E-state index in [9.17, 15) is 0 Å². The molecule has 0 spiro atoms. The van der Waals surface area contributed by atoms with E-state index < -0.39 is 0 Å². The molecule has 3 aromatic rings. The largest absolute Gasteiger partial charge is 0.494 e. The second-order valence-electron chi connectivity index (χ2n) is 8.97. The van der Waals surface area contributed by atoms with Gasteiger partial charge in [-0.05, 0) is 63.0 Å². The van der Waals surface area contributed by atoms with Gasteiger partial charge >= 0.3 is 0 Å². The van der Waals surface area contributed by atoms with Crippen molar-refractivity contribution in [2.75, 3.05) is 54.6 Å². The van der Waals surface area contributed by atoms with Crippen LogP contribution in [0.4, 0.5) is 34.6 Å². The van der Waals surface area contributed by atoms with Gasteiger partial charge in [0.15, 0.2) is 0 Å². The number of nitrogens with one attached hydrogen (secondary N) is 2. The number of likely N-dealkylation sites (tertiary alicyclic amines) is 1. The highest BCUT2D eigenvalue weighted by atomic mass is 79.9. The monoisotopic (exact) mass is 538 g/mol. The first-order valence-electron chi connectivity index (χ1n) is 12.0. The van der Waals surface area contributed by atoms with Crippen molar-refractivity contribution in [2.45, 2.75) is 31.7 Å². The molecule has 2 aromatic carbocycles. The lowest BCUT2D eigenvalue weighted by Gasteiger charge is -2.38. The van der Waals surface area contributed by atoms with Crippen LogP contribution in [0.2, 0.25) is 0 Å². The first kappa shape index (κ1) is 23.6. The Hall–Kier alpha value is -3.11. The van der Waals surface area contributed by atoms with Crippen molar-refractivity contribution in [3.8, 4) is 5.75 Å². The number of halogens is 1. The lowest BCUT2D eigenvalue weighted by Crippen LogP contribution is -2.44. The number of benzene rings is 2. The Kier molecular flexibility index (Phi) is 7.19. The van der Waals surface area contributed by atoms with Gasteiger partial charge in [-0.3, -0.25) is 0 Å². The van der Waals surface area contributed by atoms with E-state index in [1.54, 1.807) is 7.11 Å². The predicted octanol–water partition coefficient (Wildman–Crippen LogP) is 4.78. The molecular weight excluding hydrogens is 508 g/mol. The van der Waals surface area contributed by atoms with Crippen LogP contribution in [-0.4, -0.2) is 59.2 Å². The summed E-state index contributed by atoms with van der Waals surface area (Å²) < 4.78 is 6.67. The number of hydrogen-bond donors (Lipinski definition) is 3. The van der Waals surface area contributed by atoms with Gasteiger partial charge < -0.3 is 30.9 Å². The Morgan fingerprint density at radius 2 is 1.74 bits per heavy atom. The maximum absolute atomic E-state index is 6.51. The molecule has 0 amide bonds. The van der Waals surface area contributed by atoms with Crippen molar-refractivity contribution in [1.82, 2.24) is 19.9 Å². The van der Waals surface area contributed by atoms with Gasteiger partial charge in [-0.25, -0.2) is 9.97 Å². The quantitative estimate of drug-likeness (QED) is 0.366. The number of anilines is 6. The lowest BCUT2D eigenvalue weighted by molar-refractivity contribution is 0.208. The van der Waals surface area contributed by atoms with Gasteiger partial charge in [-0.2, -0.15) is 4.98 Å². The van der Waals surface area contributed by atoms with Crippen molar-refractivity contribution in [3.63, 3.8) is 0 Å². The highest BCUT2D eigenvalue weighted by Crippen LogP contribution is 2.38. The maximum Gasteiger partial charge on any atom is 0.232 e. The van der Waals surface area contributed by atoms with Gasteiger partial charge in [0.05, 0.1) is 24.2 Å². The molecule has 2 aliphatic rings. The minimum atomic E-state index is 0.398. The molecule has 2 saturated heterocycles. The van der Waals surface area contributed by atoms with E-state index in [4.69, 9.17) is 10.5 Å².